The van der Waals surface area contributed by atoms with E-state index in [1.807, 2.05) is 133 Å². The number of methoxy groups -OCH3 is 3. The first-order chi connectivity index (χ1) is 47.3. The molecule has 1 aliphatic heterocycles. The zero-order chi connectivity index (χ0) is 72.6. The van der Waals surface area contributed by atoms with Crippen LogP contribution in [0.25, 0.3) is 23.2 Å². The number of benzene rings is 3. The van der Waals surface area contributed by atoms with Crippen LogP contribution in [-0.2, 0) is 19.9 Å². The number of allylic oxidation sites excluding steroid dienone is 2. The molecule has 0 fully saturated rings. The number of rotatable bonds is 5. The zero-order valence-electron chi connectivity index (χ0n) is 58.9. The van der Waals surface area contributed by atoms with Crippen molar-refractivity contribution in [3.63, 3.8) is 0 Å². The highest BCUT2D eigenvalue weighted by molar-refractivity contribution is 6.33. The summed E-state index contributed by atoms with van der Waals surface area (Å²) in [5, 5.41) is 2.07. The Hall–Kier alpha value is -10.5. The maximum absolute atomic E-state index is 12.7. The predicted octanol–water partition coefficient (Wildman–Crippen LogP) is 19.2. The predicted molar refractivity (Wildman–Crippen MR) is 385 cm³/mol. The number of hydrogen-bond donors (Lipinski definition) is 0. The Morgan fingerprint density at radius 3 is 1.61 bits per heavy atom. The van der Waals surface area contributed by atoms with Gasteiger partial charge in [0, 0.05) is 98.1 Å². The summed E-state index contributed by atoms with van der Waals surface area (Å²) < 4.78 is 94.3. The van der Waals surface area contributed by atoms with E-state index in [-0.39, 0.29) is 23.3 Å². The van der Waals surface area contributed by atoms with Crippen molar-refractivity contribution in [1.29, 1.82) is 0 Å². The van der Waals surface area contributed by atoms with Crippen molar-refractivity contribution in [2.45, 2.75) is 102 Å². The lowest BCUT2D eigenvalue weighted by molar-refractivity contribution is 0.171. The van der Waals surface area contributed by atoms with E-state index in [1.54, 1.807) is 45.7 Å². The van der Waals surface area contributed by atoms with Gasteiger partial charge in [0.25, 0.3) is 5.88 Å². The Labute approximate surface area is 583 Å². The molecule has 2 aliphatic carbocycles. The number of nitrogens with zero attached hydrogens (tertiary/aromatic N) is 8. The summed E-state index contributed by atoms with van der Waals surface area (Å²) in [5.74, 6) is -0.277. The average Bonchev–Trinajstić information content (AvgIpc) is 1.82. The van der Waals surface area contributed by atoms with E-state index in [9.17, 15) is 22.0 Å². The van der Waals surface area contributed by atoms with Gasteiger partial charge in [0.15, 0.2) is 29.0 Å². The number of aromatic nitrogens is 8. The summed E-state index contributed by atoms with van der Waals surface area (Å²) in [4.78, 5) is 28.7. The van der Waals surface area contributed by atoms with Gasteiger partial charge in [-0.2, -0.15) is 0 Å². The van der Waals surface area contributed by atoms with Crippen molar-refractivity contribution in [2.24, 2.45) is 7.05 Å². The van der Waals surface area contributed by atoms with E-state index < -0.39 is 29.1 Å². The monoisotopic (exact) mass is 1370 g/mol. The molecule has 0 saturated carbocycles. The van der Waals surface area contributed by atoms with Crippen LogP contribution in [0.2, 0.25) is 5.02 Å². The third-order valence-corrected chi connectivity index (χ3v) is 14.3. The molecule has 520 valence electrons. The fourth-order valence-electron chi connectivity index (χ4n) is 8.66. The van der Waals surface area contributed by atoms with Crippen molar-refractivity contribution in [1.82, 2.24) is 39.5 Å². The fraction of sp³-hybridized carbons (Fsp3) is 0.253. The third kappa shape index (κ3) is 27.1. The topological polar surface area (TPSA) is 151 Å². The van der Waals surface area contributed by atoms with Crippen LogP contribution in [0.5, 0.6) is 35.0 Å². The Balaban J connectivity index is 0.000000199. The van der Waals surface area contributed by atoms with Crippen LogP contribution >= 0.6 is 11.6 Å². The molecule has 9 heterocycles. The smallest absolute Gasteiger partial charge is 0.260 e. The molecule has 0 spiro atoms. The quantitative estimate of drug-likeness (QED) is 0.151. The Bertz CT molecular complexity index is 4310. The van der Waals surface area contributed by atoms with Crippen LogP contribution in [0.15, 0.2) is 177 Å². The first-order valence-corrected chi connectivity index (χ1v) is 31.8. The van der Waals surface area contributed by atoms with Crippen LogP contribution in [-0.4, -0.2) is 73.7 Å². The molecule has 0 radical (unpaired) electrons. The van der Waals surface area contributed by atoms with Gasteiger partial charge in [0.1, 0.15) is 17.3 Å². The second-order valence-corrected chi connectivity index (χ2v) is 23.3. The molecular weight excluding hydrogens is 1290 g/mol. The normalized spacial score (nSPS) is 11.0. The number of pyridine rings is 7. The summed E-state index contributed by atoms with van der Waals surface area (Å²) in [7, 11) is 6.24. The molecule has 11 aromatic rings. The third-order valence-electron chi connectivity index (χ3n) is 13.8. The van der Waals surface area contributed by atoms with E-state index in [2.05, 4.69) is 114 Å². The molecular formula is C79H86ClF5N8O6. The Morgan fingerprint density at radius 1 is 0.475 bits per heavy atom. The Morgan fingerprint density at radius 2 is 1.03 bits per heavy atom. The maximum atomic E-state index is 12.7. The van der Waals surface area contributed by atoms with Crippen LogP contribution in [0.3, 0.4) is 0 Å². The first-order valence-electron chi connectivity index (χ1n) is 31.5. The number of aryl methyl sites for hydroxylation is 10. The molecule has 3 aliphatic rings. The lowest BCUT2D eigenvalue weighted by atomic mass is 10.2. The van der Waals surface area contributed by atoms with Gasteiger partial charge in [-0.3, -0.25) is 9.97 Å². The van der Waals surface area contributed by atoms with Gasteiger partial charge in [-0.15, -0.1) is 0 Å². The number of fused-ring (bicyclic) bond motifs is 4. The molecule has 99 heavy (non-hydrogen) atoms. The molecule has 3 aromatic carbocycles. The van der Waals surface area contributed by atoms with Gasteiger partial charge in [0.2, 0.25) is 24.4 Å². The van der Waals surface area contributed by atoms with E-state index in [0.29, 0.717) is 30.0 Å². The van der Waals surface area contributed by atoms with E-state index in [4.69, 9.17) is 30.5 Å². The molecule has 14 rings (SSSR count). The van der Waals surface area contributed by atoms with Crippen molar-refractivity contribution in [2.75, 3.05) is 28.1 Å². The van der Waals surface area contributed by atoms with Crippen LogP contribution in [0, 0.1) is 98.3 Å². The summed E-state index contributed by atoms with van der Waals surface area (Å²) in [5.41, 5.74) is 15.4. The minimum Gasteiger partial charge on any atom is -0.491 e. The lowest BCUT2D eigenvalue weighted by Crippen LogP contribution is -2.06. The van der Waals surface area contributed by atoms with Gasteiger partial charge in [-0.25, -0.2) is 46.9 Å². The fourth-order valence-corrected chi connectivity index (χ4v) is 8.88. The van der Waals surface area contributed by atoms with Gasteiger partial charge in [0.05, 0.1) is 43.8 Å². The van der Waals surface area contributed by atoms with E-state index >= 15 is 0 Å². The number of halogens is 6. The number of hydrogen-bond acceptors (Lipinski definition) is 13. The molecule has 0 unspecified atom stereocenters. The van der Waals surface area contributed by atoms with Gasteiger partial charge in [-0.05, 0) is 188 Å². The largest absolute Gasteiger partial charge is 0.491 e. The highest BCUT2D eigenvalue weighted by Gasteiger charge is 2.14. The summed E-state index contributed by atoms with van der Waals surface area (Å²) >= 11 is 6.05. The second kappa shape index (κ2) is 40.9. The molecule has 20 heteroatoms. The van der Waals surface area contributed by atoms with Crippen molar-refractivity contribution < 1.29 is 50.4 Å². The number of ether oxygens (including phenoxy) is 6. The Kier molecular flexibility index (Phi) is 32.7. The van der Waals surface area contributed by atoms with Gasteiger partial charge < -0.3 is 33.0 Å². The molecule has 8 aromatic heterocycles. The highest BCUT2D eigenvalue weighted by atomic mass is 35.5. The second-order valence-electron chi connectivity index (χ2n) is 22.9. The van der Waals surface area contributed by atoms with Crippen molar-refractivity contribution in [3.8, 4) is 35.0 Å². The average molecular weight is 1370 g/mol. The maximum Gasteiger partial charge on any atom is 0.260 e. The summed E-state index contributed by atoms with van der Waals surface area (Å²) in [6.07, 6.45) is 25.1. The molecule has 14 nitrogen and oxygen atoms in total. The van der Waals surface area contributed by atoms with Crippen molar-refractivity contribution >= 4 is 34.8 Å². The van der Waals surface area contributed by atoms with Crippen LogP contribution in [0.1, 0.15) is 92.0 Å². The molecule has 0 amide bonds. The van der Waals surface area contributed by atoms with E-state index in [0.717, 1.165) is 68.3 Å². The highest BCUT2D eigenvalue weighted by Crippen LogP contribution is 2.30. The van der Waals surface area contributed by atoms with Gasteiger partial charge >= 0.3 is 0 Å². The van der Waals surface area contributed by atoms with Crippen LogP contribution < -0.4 is 28.4 Å². The minimum absolute atomic E-state index is 0.0469. The SMILES string of the molecule is COc1c(F)cc(C)cc1F.COc1ccc(C)cn1.COc1ncc(C)cc1F.Cc1c(F)cccc1F.Cc1ccc(OC(C)C)nc1.Cc1ccccc1.Cc1cnc2c(c1)C=CC2.Cc1cnc2c(c1)OCO2.Cc1cnc2c(c1Cl)C=CC2.Cc1cnc2c(ccn2C)c1. The van der Waals surface area contributed by atoms with Crippen molar-refractivity contribution in [3.05, 3.63) is 289 Å². The molecule has 0 saturated heterocycles. The summed E-state index contributed by atoms with van der Waals surface area (Å²) in [6, 6.07) is 33.9. The first kappa shape index (κ1) is 79.2. The standard InChI is InChI=1S/C9H8ClN.C9H10N2.C9H13NO.C9H9N.C8H8F2O.C7H6F2.C7H8FNO.C7H7NO2.C7H9NO.C7H8/c1-6-5-11-8-4-2-3-7(8)9(6)10;1-7-5-8-3-4-11(2)9(8)10-6-7;1-7(2)11-9-5-4-8(3)6-10-9;1-7-5-8-3-2-4-9(8)10-6-7;1-5-3-6(9)8(11-2)7(10)4-5;1-5-6(8)3-2-4-7(5)9;1-5-3-6(8)7(10-2)9-4-5;1-5-2-6-7(8-3-5)10-4-9-6;1-6-3-4-7(9-2)8-5-6;1-7-5-3-2-4-6-7/h2-3,5H,4H2,1H3;3-6H,1-2H3;4-7H,1-3H3;2-3,5-6H,4H2,1H3;3-4H,1-2H3;2-4H,1H3;3-4H,1-2H3;2-3H,4H2,1H3;3-5H,1-2H3;2-6H,1H3. The lowest BCUT2D eigenvalue weighted by Gasteiger charge is -2.07. The molecule has 0 atom stereocenters. The van der Waals surface area contributed by atoms with E-state index in [1.165, 1.54) is 90.9 Å². The van der Waals surface area contributed by atoms with Crippen LogP contribution in [0.4, 0.5) is 22.0 Å². The zero-order valence-corrected chi connectivity index (χ0v) is 59.6. The van der Waals surface area contributed by atoms with Gasteiger partial charge in [-0.1, -0.05) is 90.0 Å². The summed E-state index contributed by atoms with van der Waals surface area (Å²) in [6.45, 7) is 23.2. The minimum atomic E-state index is -0.662. The molecule has 0 N–H and O–H groups in total. The molecule has 0 bridgehead atoms.